The van der Waals surface area contributed by atoms with Crippen LogP contribution in [-0.4, -0.2) is 77.5 Å². The number of aromatic nitrogens is 2. The molecule has 3 heterocycles. The Balaban J connectivity index is 1.69. The number of likely N-dealkylation sites (tertiary alicyclic amines) is 1. The maximum Gasteiger partial charge on any atom is 0.435 e. The Morgan fingerprint density at radius 3 is 2.74 bits per heavy atom. The van der Waals surface area contributed by atoms with Crippen LogP contribution in [0.1, 0.15) is 24.6 Å². The molecule has 0 saturated carbocycles. The molecule has 0 bridgehead atoms. The van der Waals surface area contributed by atoms with Crippen LogP contribution in [0, 0.1) is 0 Å². The quantitative estimate of drug-likeness (QED) is 0.623. The summed E-state index contributed by atoms with van der Waals surface area (Å²) in [6.07, 6.45) is -2.07. The molecule has 7 nitrogen and oxygen atoms in total. The maximum absolute atomic E-state index is 13.1. The first kappa shape index (κ1) is 19.9. The van der Waals surface area contributed by atoms with Gasteiger partial charge < -0.3 is 15.0 Å². The van der Waals surface area contributed by atoms with Crippen molar-refractivity contribution in [3.05, 3.63) is 17.5 Å². The van der Waals surface area contributed by atoms with Gasteiger partial charge in [0.15, 0.2) is 11.7 Å². The Morgan fingerprint density at radius 1 is 1.33 bits per heavy atom. The molecule has 0 amide bonds. The van der Waals surface area contributed by atoms with Gasteiger partial charge in [-0.1, -0.05) is 0 Å². The van der Waals surface area contributed by atoms with E-state index in [4.69, 9.17) is 4.74 Å². The third-order valence-electron chi connectivity index (χ3n) is 4.93. The van der Waals surface area contributed by atoms with Crippen LogP contribution in [-0.2, 0) is 24.5 Å². The van der Waals surface area contributed by atoms with Gasteiger partial charge in [0.1, 0.15) is 0 Å². The predicted octanol–water partition coefficient (Wildman–Crippen LogP) is 1.31. The van der Waals surface area contributed by atoms with Crippen molar-refractivity contribution in [1.82, 2.24) is 24.9 Å². The number of alkyl halides is 3. The van der Waals surface area contributed by atoms with Crippen molar-refractivity contribution >= 4 is 5.96 Å². The number of rotatable bonds is 4. The van der Waals surface area contributed by atoms with Gasteiger partial charge in [-0.3, -0.25) is 9.58 Å². The van der Waals surface area contributed by atoms with Gasteiger partial charge in [0, 0.05) is 57.6 Å². The fraction of sp³-hybridized carbons (Fsp3) is 0.765. The lowest BCUT2D eigenvalue weighted by Crippen LogP contribution is -2.46. The van der Waals surface area contributed by atoms with Gasteiger partial charge in [-0.15, -0.1) is 0 Å². The number of aryl methyl sites for hydroxylation is 1. The highest BCUT2D eigenvalue weighted by Gasteiger charge is 2.37. The molecular weight excluding hydrogens is 361 g/mol. The summed E-state index contributed by atoms with van der Waals surface area (Å²) in [7, 11) is 1.49. The van der Waals surface area contributed by atoms with E-state index in [0.717, 1.165) is 45.8 Å². The fourth-order valence-electron chi connectivity index (χ4n) is 3.65. The van der Waals surface area contributed by atoms with Crippen molar-refractivity contribution in [3.63, 3.8) is 0 Å². The van der Waals surface area contributed by atoms with Crippen LogP contribution in [0.5, 0.6) is 0 Å². The highest BCUT2D eigenvalue weighted by molar-refractivity contribution is 5.80. The number of nitrogens with zero attached hydrogens (tertiary/aromatic N) is 5. The van der Waals surface area contributed by atoms with Gasteiger partial charge in [0.05, 0.1) is 19.8 Å². The van der Waals surface area contributed by atoms with Crippen LogP contribution in [0.2, 0.25) is 0 Å². The zero-order valence-corrected chi connectivity index (χ0v) is 15.8. The summed E-state index contributed by atoms with van der Waals surface area (Å²) in [5.74, 6) is 0.658. The normalized spacial score (nSPS) is 22.5. The molecule has 1 unspecified atom stereocenters. The molecule has 2 aliphatic heterocycles. The molecule has 2 aliphatic rings. The van der Waals surface area contributed by atoms with E-state index in [2.05, 4.69) is 25.2 Å². The van der Waals surface area contributed by atoms with Gasteiger partial charge in [0.25, 0.3) is 0 Å². The summed E-state index contributed by atoms with van der Waals surface area (Å²) in [5.41, 5.74) is -0.776. The maximum atomic E-state index is 13.1. The Morgan fingerprint density at radius 2 is 2.07 bits per heavy atom. The molecule has 0 spiro atoms. The number of halogens is 3. The Labute approximate surface area is 157 Å². The Bertz CT molecular complexity index is 654. The molecule has 0 aromatic carbocycles. The third kappa shape index (κ3) is 4.92. The van der Waals surface area contributed by atoms with E-state index in [1.807, 2.05) is 6.92 Å². The van der Waals surface area contributed by atoms with Crippen LogP contribution >= 0.6 is 0 Å². The van der Waals surface area contributed by atoms with Gasteiger partial charge in [-0.25, -0.2) is 4.99 Å². The highest BCUT2D eigenvalue weighted by Crippen LogP contribution is 2.31. The van der Waals surface area contributed by atoms with Gasteiger partial charge in [0.2, 0.25) is 0 Å². The molecule has 0 aliphatic carbocycles. The highest BCUT2D eigenvalue weighted by atomic mass is 19.4. The van der Waals surface area contributed by atoms with Crippen molar-refractivity contribution in [2.45, 2.75) is 32.1 Å². The second-order valence-corrected chi connectivity index (χ2v) is 6.88. The van der Waals surface area contributed by atoms with E-state index in [-0.39, 0.29) is 12.1 Å². The Hall–Kier alpha value is -1.81. The van der Waals surface area contributed by atoms with E-state index in [1.54, 1.807) is 0 Å². The molecule has 1 N–H and O–H groups in total. The fourth-order valence-corrected chi connectivity index (χ4v) is 3.65. The first-order chi connectivity index (χ1) is 12.9. The molecule has 27 heavy (non-hydrogen) atoms. The van der Waals surface area contributed by atoms with Gasteiger partial charge >= 0.3 is 6.18 Å². The zero-order chi connectivity index (χ0) is 19.4. The lowest BCUT2D eigenvalue weighted by atomic mass is 10.2. The SMILES string of the molecule is CCNC(=NCc1cn(C)nc1C(F)(F)F)N1CCC(N2CCOCC2)C1. The molecule has 152 valence electrons. The Kier molecular flexibility index (Phi) is 6.25. The minimum absolute atomic E-state index is 0.0518. The summed E-state index contributed by atoms with van der Waals surface area (Å²) in [6, 6.07) is 0.432. The van der Waals surface area contributed by atoms with Crippen LogP contribution in [0.25, 0.3) is 0 Å². The van der Waals surface area contributed by atoms with Crippen LogP contribution in [0.3, 0.4) is 0 Å². The van der Waals surface area contributed by atoms with E-state index in [1.165, 1.54) is 17.9 Å². The summed E-state index contributed by atoms with van der Waals surface area (Å²) in [6.45, 7) is 7.60. The third-order valence-corrected chi connectivity index (χ3v) is 4.93. The number of nitrogens with one attached hydrogen (secondary N) is 1. The summed E-state index contributed by atoms with van der Waals surface area (Å²) in [5, 5.41) is 6.75. The first-order valence-electron chi connectivity index (χ1n) is 9.33. The standard InChI is InChI=1S/C17H27F3N6O/c1-3-21-16(22-10-13-11-24(2)23-15(13)17(18,19)20)26-5-4-14(12-26)25-6-8-27-9-7-25/h11,14H,3-10,12H2,1-2H3,(H,21,22). The van der Waals surface area contributed by atoms with Crippen molar-refractivity contribution in [2.75, 3.05) is 45.9 Å². The van der Waals surface area contributed by atoms with Crippen LogP contribution in [0.4, 0.5) is 13.2 Å². The lowest BCUT2D eigenvalue weighted by Gasteiger charge is -2.32. The molecule has 2 fully saturated rings. The second kappa shape index (κ2) is 8.47. The number of morpholine rings is 1. The zero-order valence-electron chi connectivity index (χ0n) is 15.8. The van der Waals surface area contributed by atoms with Crippen molar-refractivity contribution in [1.29, 1.82) is 0 Å². The summed E-state index contributed by atoms with van der Waals surface area (Å²) in [4.78, 5) is 9.03. The average Bonchev–Trinajstić information content (AvgIpc) is 3.26. The molecule has 2 saturated heterocycles. The van der Waals surface area contributed by atoms with Crippen LogP contribution < -0.4 is 5.32 Å². The molecule has 10 heteroatoms. The predicted molar refractivity (Wildman–Crippen MR) is 95.4 cm³/mol. The molecule has 3 rings (SSSR count). The van der Waals surface area contributed by atoms with E-state index < -0.39 is 11.9 Å². The lowest BCUT2D eigenvalue weighted by molar-refractivity contribution is -0.142. The van der Waals surface area contributed by atoms with E-state index in [9.17, 15) is 13.2 Å². The summed E-state index contributed by atoms with van der Waals surface area (Å²) >= 11 is 0. The van der Waals surface area contributed by atoms with Gasteiger partial charge in [-0.05, 0) is 13.3 Å². The van der Waals surface area contributed by atoms with Crippen molar-refractivity contribution in [2.24, 2.45) is 12.0 Å². The second-order valence-electron chi connectivity index (χ2n) is 6.88. The first-order valence-corrected chi connectivity index (χ1v) is 9.33. The molecule has 0 radical (unpaired) electrons. The van der Waals surface area contributed by atoms with E-state index in [0.29, 0.717) is 18.5 Å². The summed E-state index contributed by atoms with van der Waals surface area (Å²) < 4.78 is 46.0. The number of guanidine groups is 1. The van der Waals surface area contributed by atoms with E-state index >= 15 is 0 Å². The monoisotopic (exact) mass is 388 g/mol. The number of hydrogen-bond donors (Lipinski definition) is 1. The van der Waals surface area contributed by atoms with Crippen molar-refractivity contribution < 1.29 is 17.9 Å². The molecular formula is C17H27F3N6O. The number of aliphatic imine (C=N–C) groups is 1. The largest absolute Gasteiger partial charge is 0.435 e. The van der Waals surface area contributed by atoms with Crippen molar-refractivity contribution in [3.8, 4) is 0 Å². The smallest absolute Gasteiger partial charge is 0.379 e. The molecule has 1 atom stereocenters. The minimum atomic E-state index is -4.47. The number of hydrogen-bond acceptors (Lipinski definition) is 4. The molecule has 1 aromatic rings. The average molecular weight is 388 g/mol. The topological polar surface area (TPSA) is 57.9 Å². The van der Waals surface area contributed by atoms with Crippen LogP contribution in [0.15, 0.2) is 11.2 Å². The van der Waals surface area contributed by atoms with Gasteiger partial charge in [-0.2, -0.15) is 18.3 Å². The number of ether oxygens (including phenoxy) is 1. The molecule has 1 aromatic heterocycles. The minimum Gasteiger partial charge on any atom is -0.379 e.